The standard InChI is InChI=1S/C29H31N5O2/c35-17-19-2-1-11-33(16-19)27(36)22-5-6-24-26(13-22)34(18-29(24)8-9-29)28-31-14-23(15-32-28)25-12-21(7-10-30-25)20-3-4-20/h5-7,10,12-15,19-20,35H,1-4,8-9,11,16-18H2/t19-/m0/s1. The highest BCUT2D eigenvalue weighted by atomic mass is 16.3. The third kappa shape index (κ3) is 3.77. The summed E-state index contributed by atoms with van der Waals surface area (Å²) in [5, 5.41) is 9.58. The summed E-state index contributed by atoms with van der Waals surface area (Å²) in [6.07, 6.45) is 12.4. The second-order valence-electron chi connectivity index (χ2n) is 11.1. The molecule has 7 heteroatoms. The van der Waals surface area contributed by atoms with Crippen LogP contribution in [0.4, 0.5) is 11.6 Å². The number of rotatable bonds is 5. The minimum atomic E-state index is 0.0468. The summed E-state index contributed by atoms with van der Waals surface area (Å²) in [7, 11) is 0. The number of carbonyl (C=O) groups excluding carboxylic acids is 1. The summed E-state index contributed by atoms with van der Waals surface area (Å²) in [6, 6.07) is 10.4. The average Bonchev–Trinajstić information content (AvgIpc) is 3.87. The van der Waals surface area contributed by atoms with Gasteiger partial charge in [0.15, 0.2) is 0 Å². The largest absolute Gasteiger partial charge is 0.396 e. The molecule has 1 saturated heterocycles. The van der Waals surface area contributed by atoms with Crippen LogP contribution in [0.25, 0.3) is 11.3 Å². The number of carbonyl (C=O) groups is 1. The van der Waals surface area contributed by atoms with Crippen molar-refractivity contribution in [3.63, 3.8) is 0 Å². The van der Waals surface area contributed by atoms with Gasteiger partial charge in [0.1, 0.15) is 0 Å². The van der Waals surface area contributed by atoms with Crippen molar-refractivity contribution in [2.45, 2.75) is 49.9 Å². The molecule has 7 nitrogen and oxygen atoms in total. The van der Waals surface area contributed by atoms with Crippen molar-refractivity contribution < 1.29 is 9.90 Å². The zero-order chi connectivity index (χ0) is 24.3. The maximum absolute atomic E-state index is 13.4. The van der Waals surface area contributed by atoms with Gasteiger partial charge in [-0.25, -0.2) is 9.97 Å². The van der Waals surface area contributed by atoms with Crippen LogP contribution in [0.15, 0.2) is 48.9 Å². The molecule has 7 rings (SSSR count). The number of amides is 1. The van der Waals surface area contributed by atoms with Crippen LogP contribution in [0.1, 0.15) is 65.9 Å². The second-order valence-corrected chi connectivity index (χ2v) is 11.1. The third-order valence-electron chi connectivity index (χ3n) is 8.49. The molecule has 36 heavy (non-hydrogen) atoms. The number of fused-ring (bicyclic) bond motifs is 2. The van der Waals surface area contributed by atoms with E-state index in [1.165, 1.54) is 24.0 Å². The molecule has 1 atom stereocenters. The summed E-state index contributed by atoms with van der Waals surface area (Å²) >= 11 is 0. The molecule has 1 aromatic carbocycles. The minimum absolute atomic E-state index is 0.0468. The van der Waals surface area contributed by atoms with Gasteiger partial charge in [0.2, 0.25) is 5.95 Å². The predicted molar refractivity (Wildman–Crippen MR) is 137 cm³/mol. The van der Waals surface area contributed by atoms with Crippen LogP contribution in [-0.2, 0) is 5.41 Å². The molecule has 4 aliphatic rings. The number of hydrogen-bond donors (Lipinski definition) is 1. The van der Waals surface area contributed by atoms with E-state index in [0.29, 0.717) is 24.0 Å². The van der Waals surface area contributed by atoms with Crippen molar-refractivity contribution in [3.05, 3.63) is 65.6 Å². The van der Waals surface area contributed by atoms with Crippen LogP contribution in [0.3, 0.4) is 0 Å². The van der Waals surface area contributed by atoms with E-state index in [0.717, 1.165) is 55.7 Å². The number of piperidine rings is 1. The lowest BCUT2D eigenvalue weighted by atomic mass is 9.96. The second kappa shape index (κ2) is 8.37. The Labute approximate surface area is 211 Å². The van der Waals surface area contributed by atoms with E-state index >= 15 is 0 Å². The van der Waals surface area contributed by atoms with E-state index < -0.39 is 0 Å². The van der Waals surface area contributed by atoms with Crippen LogP contribution in [0, 0.1) is 5.92 Å². The lowest BCUT2D eigenvalue weighted by Crippen LogP contribution is -2.41. The number of likely N-dealkylation sites (tertiary alicyclic amines) is 1. The highest BCUT2D eigenvalue weighted by molar-refractivity contribution is 5.96. The van der Waals surface area contributed by atoms with Crippen LogP contribution >= 0.6 is 0 Å². The number of aliphatic hydroxyl groups is 1. The molecule has 184 valence electrons. The Morgan fingerprint density at radius 3 is 2.64 bits per heavy atom. The number of aliphatic hydroxyl groups excluding tert-OH is 1. The number of nitrogens with zero attached hydrogens (tertiary/aromatic N) is 5. The van der Waals surface area contributed by atoms with Crippen molar-refractivity contribution >= 4 is 17.5 Å². The first-order valence-electron chi connectivity index (χ1n) is 13.2. The fraction of sp³-hybridized carbons (Fsp3) is 0.448. The first-order chi connectivity index (χ1) is 17.6. The van der Waals surface area contributed by atoms with E-state index in [-0.39, 0.29) is 23.8 Å². The summed E-state index contributed by atoms with van der Waals surface area (Å²) in [5.41, 5.74) is 6.41. The SMILES string of the molecule is O=C(c1ccc2c(c1)N(c1ncc(-c3cc(C4CC4)ccn3)cn1)CC21CC1)N1CCC[C@H](CO)C1. The zero-order valence-corrected chi connectivity index (χ0v) is 20.4. The smallest absolute Gasteiger partial charge is 0.253 e. The van der Waals surface area contributed by atoms with E-state index in [2.05, 4.69) is 28.1 Å². The molecule has 1 amide bonds. The Bertz CT molecular complexity index is 1320. The Balaban J connectivity index is 1.17. The topological polar surface area (TPSA) is 82.5 Å². The maximum atomic E-state index is 13.4. The van der Waals surface area contributed by atoms with Crippen LogP contribution < -0.4 is 4.90 Å². The van der Waals surface area contributed by atoms with Crippen LogP contribution in [-0.4, -0.2) is 57.1 Å². The summed E-state index contributed by atoms with van der Waals surface area (Å²) in [6.45, 7) is 2.37. The molecule has 0 radical (unpaired) electrons. The van der Waals surface area contributed by atoms with Gasteiger partial charge in [0.05, 0.1) is 5.69 Å². The van der Waals surface area contributed by atoms with Gasteiger partial charge < -0.3 is 14.9 Å². The van der Waals surface area contributed by atoms with Gasteiger partial charge in [-0.15, -0.1) is 0 Å². The number of benzene rings is 1. The molecular weight excluding hydrogens is 450 g/mol. The lowest BCUT2D eigenvalue weighted by Gasteiger charge is -2.32. The number of anilines is 2. The van der Waals surface area contributed by atoms with Crippen LogP contribution in [0.5, 0.6) is 0 Å². The van der Waals surface area contributed by atoms with E-state index in [4.69, 9.17) is 9.97 Å². The molecular formula is C29H31N5O2. The fourth-order valence-electron chi connectivity index (χ4n) is 6.02. The van der Waals surface area contributed by atoms with Gasteiger partial charge in [-0.05, 0) is 85.8 Å². The van der Waals surface area contributed by atoms with Crippen molar-refractivity contribution in [2.75, 3.05) is 31.1 Å². The molecule has 1 spiro atoms. The van der Waals surface area contributed by atoms with Gasteiger partial charge in [-0.3, -0.25) is 9.78 Å². The summed E-state index contributed by atoms with van der Waals surface area (Å²) in [5.74, 6) is 1.57. The molecule has 2 aliphatic heterocycles. The van der Waals surface area contributed by atoms with E-state index in [1.54, 1.807) is 0 Å². The minimum Gasteiger partial charge on any atom is -0.396 e. The van der Waals surface area contributed by atoms with E-state index in [1.807, 2.05) is 35.6 Å². The number of aromatic nitrogens is 3. The molecule has 2 saturated carbocycles. The first-order valence-corrected chi connectivity index (χ1v) is 13.2. The highest BCUT2D eigenvalue weighted by Gasteiger charge is 2.52. The summed E-state index contributed by atoms with van der Waals surface area (Å²) < 4.78 is 0. The molecule has 1 N–H and O–H groups in total. The van der Waals surface area contributed by atoms with Gasteiger partial charge in [-0.1, -0.05) is 6.07 Å². The molecule has 0 bridgehead atoms. The number of pyridine rings is 1. The van der Waals surface area contributed by atoms with Gasteiger partial charge in [-0.2, -0.15) is 0 Å². The fourth-order valence-corrected chi connectivity index (χ4v) is 6.02. The Kier molecular flexibility index (Phi) is 5.10. The monoisotopic (exact) mass is 481 g/mol. The molecule has 3 aromatic rings. The predicted octanol–water partition coefficient (Wildman–Crippen LogP) is 4.44. The normalized spacial score (nSPS) is 22.1. The Morgan fingerprint density at radius 1 is 1.06 bits per heavy atom. The van der Waals surface area contributed by atoms with Crippen molar-refractivity contribution in [1.29, 1.82) is 0 Å². The molecule has 2 aliphatic carbocycles. The van der Waals surface area contributed by atoms with Crippen LogP contribution in [0.2, 0.25) is 0 Å². The lowest BCUT2D eigenvalue weighted by molar-refractivity contribution is 0.0620. The van der Waals surface area contributed by atoms with Crippen molar-refractivity contribution in [2.24, 2.45) is 5.92 Å². The highest BCUT2D eigenvalue weighted by Crippen LogP contribution is 2.57. The van der Waals surface area contributed by atoms with Crippen molar-refractivity contribution in [3.8, 4) is 11.3 Å². The van der Waals surface area contributed by atoms with E-state index in [9.17, 15) is 9.90 Å². The molecule has 2 aromatic heterocycles. The first kappa shape index (κ1) is 21.9. The molecule has 4 heterocycles. The van der Waals surface area contributed by atoms with Crippen molar-refractivity contribution in [1.82, 2.24) is 19.9 Å². The quantitative estimate of drug-likeness (QED) is 0.580. The molecule has 3 fully saturated rings. The maximum Gasteiger partial charge on any atom is 0.253 e. The van der Waals surface area contributed by atoms with Gasteiger partial charge >= 0.3 is 0 Å². The number of hydrogen-bond acceptors (Lipinski definition) is 6. The van der Waals surface area contributed by atoms with Gasteiger partial charge in [0.25, 0.3) is 5.91 Å². The summed E-state index contributed by atoms with van der Waals surface area (Å²) in [4.78, 5) is 31.5. The third-order valence-corrected chi connectivity index (χ3v) is 8.49. The Hall–Kier alpha value is -3.32. The Morgan fingerprint density at radius 2 is 1.89 bits per heavy atom. The molecule has 0 unspecified atom stereocenters. The zero-order valence-electron chi connectivity index (χ0n) is 20.4. The average molecular weight is 482 g/mol. The van der Waals surface area contributed by atoms with Gasteiger partial charge in [0, 0.05) is 67.1 Å².